The Morgan fingerprint density at radius 1 is 1.12 bits per heavy atom. The minimum atomic E-state index is -0.294. The van der Waals surface area contributed by atoms with Crippen molar-refractivity contribution < 1.29 is 9.18 Å². The maximum Gasteiger partial charge on any atom is 0.254 e. The zero-order chi connectivity index (χ0) is 18.9. The van der Waals surface area contributed by atoms with Crippen LogP contribution < -0.4 is 5.56 Å². The summed E-state index contributed by atoms with van der Waals surface area (Å²) >= 11 is 0. The average Bonchev–Trinajstić information content (AvgIpc) is 2.57. The van der Waals surface area contributed by atoms with E-state index in [-0.39, 0.29) is 22.6 Å². The van der Waals surface area contributed by atoms with Gasteiger partial charge in [0.25, 0.3) is 5.56 Å². The van der Waals surface area contributed by atoms with Crippen LogP contribution in [0.2, 0.25) is 0 Å². The SMILES string of the molecule is CCCCn1c2c(cc(Cc3ccc(F)cc3)c1=O)C(=O)CC(C)(C)C2. The number of carbonyl (C=O) groups excluding carboxylic acids is 1. The first-order chi connectivity index (χ1) is 12.3. The molecule has 0 atom stereocenters. The van der Waals surface area contributed by atoms with Crippen LogP contribution in [0.3, 0.4) is 0 Å². The summed E-state index contributed by atoms with van der Waals surface area (Å²) in [5.74, 6) is -0.182. The lowest BCUT2D eigenvalue weighted by Crippen LogP contribution is -2.36. The third kappa shape index (κ3) is 3.79. The number of rotatable bonds is 5. The molecule has 26 heavy (non-hydrogen) atoms. The van der Waals surface area contributed by atoms with Gasteiger partial charge in [-0.1, -0.05) is 39.3 Å². The van der Waals surface area contributed by atoms with Crippen molar-refractivity contribution in [2.24, 2.45) is 5.41 Å². The minimum Gasteiger partial charge on any atom is -0.312 e. The lowest BCUT2D eigenvalue weighted by Gasteiger charge is -2.32. The smallest absolute Gasteiger partial charge is 0.254 e. The Hall–Kier alpha value is -2.23. The van der Waals surface area contributed by atoms with Gasteiger partial charge >= 0.3 is 0 Å². The molecule has 0 fully saturated rings. The van der Waals surface area contributed by atoms with E-state index in [9.17, 15) is 14.0 Å². The van der Waals surface area contributed by atoms with Gasteiger partial charge in [-0.25, -0.2) is 4.39 Å². The van der Waals surface area contributed by atoms with Crippen LogP contribution in [0.25, 0.3) is 0 Å². The van der Waals surface area contributed by atoms with Crippen molar-refractivity contribution in [1.29, 1.82) is 0 Å². The molecule has 0 bridgehead atoms. The van der Waals surface area contributed by atoms with Gasteiger partial charge < -0.3 is 4.57 Å². The lowest BCUT2D eigenvalue weighted by molar-refractivity contribution is 0.0907. The van der Waals surface area contributed by atoms with Crippen LogP contribution in [0.15, 0.2) is 35.1 Å². The van der Waals surface area contributed by atoms with Crippen molar-refractivity contribution in [2.75, 3.05) is 0 Å². The number of aromatic nitrogens is 1. The first kappa shape index (κ1) is 18.6. The predicted molar refractivity (Wildman–Crippen MR) is 101 cm³/mol. The molecule has 1 aliphatic rings. The van der Waals surface area contributed by atoms with Gasteiger partial charge in [0.1, 0.15) is 5.82 Å². The predicted octanol–water partition coefficient (Wildman–Crippen LogP) is 4.53. The number of carbonyl (C=O) groups is 1. The Labute approximate surface area is 153 Å². The average molecular weight is 355 g/mol. The van der Waals surface area contributed by atoms with Crippen molar-refractivity contribution in [3.63, 3.8) is 0 Å². The zero-order valence-corrected chi connectivity index (χ0v) is 15.8. The van der Waals surface area contributed by atoms with Crippen molar-refractivity contribution in [3.05, 3.63) is 68.9 Å². The quantitative estimate of drug-likeness (QED) is 0.790. The minimum absolute atomic E-state index is 0.0213. The molecule has 0 aliphatic heterocycles. The zero-order valence-electron chi connectivity index (χ0n) is 15.8. The molecule has 1 aromatic carbocycles. The molecule has 0 N–H and O–H groups in total. The Kier molecular flexibility index (Phi) is 5.12. The molecule has 2 aromatic rings. The number of hydrogen-bond donors (Lipinski definition) is 0. The molecule has 4 heteroatoms. The fourth-order valence-corrected chi connectivity index (χ4v) is 3.74. The fraction of sp³-hybridized carbons (Fsp3) is 0.455. The number of benzene rings is 1. The van der Waals surface area contributed by atoms with E-state index < -0.39 is 0 Å². The maximum atomic E-state index is 13.1. The van der Waals surface area contributed by atoms with Gasteiger partial charge in [0.05, 0.1) is 0 Å². The number of Topliss-reactive ketones (excluding diaryl/α,β-unsaturated/α-hetero) is 1. The highest BCUT2D eigenvalue weighted by Gasteiger charge is 2.33. The van der Waals surface area contributed by atoms with Crippen LogP contribution >= 0.6 is 0 Å². The maximum absolute atomic E-state index is 13.1. The summed E-state index contributed by atoms with van der Waals surface area (Å²) in [6.07, 6.45) is 3.54. The normalized spacial score (nSPS) is 15.8. The highest BCUT2D eigenvalue weighted by molar-refractivity contribution is 5.98. The molecule has 3 nitrogen and oxygen atoms in total. The van der Waals surface area contributed by atoms with Crippen molar-refractivity contribution in [1.82, 2.24) is 4.57 Å². The molecule has 0 saturated carbocycles. The number of fused-ring (bicyclic) bond motifs is 1. The monoisotopic (exact) mass is 355 g/mol. The summed E-state index contributed by atoms with van der Waals surface area (Å²) in [7, 11) is 0. The first-order valence-electron chi connectivity index (χ1n) is 9.34. The van der Waals surface area contributed by atoms with Crippen LogP contribution in [-0.2, 0) is 19.4 Å². The van der Waals surface area contributed by atoms with Gasteiger partial charge in [0, 0.05) is 36.2 Å². The Bertz CT molecular complexity index is 878. The van der Waals surface area contributed by atoms with E-state index in [0.29, 0.717) is 30.5 Å². The molecule has 0 spiro atoms. The van der Waals surface area contributed by atoms with Gasteiger partial charge in [0.15, 0.2) is 5.78 Å². The van der Waals surface area contributed by atoms with Gasteiger partial charge in [-0.15, -0.1) is 0 Å². The summed E-state index contributed by atoms with van der Waals surface area (Å²) in [4.78, 5) is 25.8. The van der Waals surface area contributed by atoms with Crippen LogP contribution in [0.1, 0.15) is 67.2 Å². The number of hydrogen-bond acceptors (Lipinski definition) is 2. The summed E-state index contributed by atoms with van der Waals surface area (Å²) in [5.41, 5.74) is 2.91. The highest BCUT2D eigenvalue weighted by Crippen LogP contribution is 2.34. The number of halogens is 1. The van der Waals surface area contributed by atoms with E-state index in [1.165, 1.54) is 12.1 Å². The standard InChI is InChI=1S/C22H26FNO2/c1-4-5-10-24-19-13-22(2,3)14-20(25)18(19)12-16(21(24)26)11-15-6-8-17(23)9-7-15/h6-9,12H,4-5,10-11,13-14H2,1-3H3. The second-order valence-electron chi connectivity index (χ2n) is 8.08. The Morgan fingerprint density at radius 2 is 1.81 bits per heavy atom. The molecule has 0 unspecified atom stereocenters. The van der Waals surface area contributed by atoms with Gasteiger partial charge in [-0.2, -0.15) is 0 Å². The molecule has 0 amide bonds. The van der Waals surface area contributed by atoms with Crippen molar-refractivity contribution in [2.45, 2.75) is 59.4 Å². The second-order valence-corrected chi connectivity index (χ2v) is 8.08. The van der Waals surface area contributed by atoms with E-state index in [2.05, 4.69) is 20.8 Å². The summed E-state index contributed by atoms with van der Waals surface area (Å²) in [6, 6.07) is 7.96. The third-order valence-corrected chi connectivity index (χ3v) is 5.10. The largest absolute Gasteiger partial charge is 0.312 e. The van der Waals surface area contributed by atoms with Crippen molar-refractivity contribution >= 4 is 5.78 Å². The van der Waals surface area contributed by atoms with E-state index in [0.717, 1.165) is 30.5 Å². The van der Waals surface area contributed by atoms with Gasteiger partial charge in [0.2, 0.25) is 0 Å². The van der Waals surface area contributed by atoms with Gasteiger partial charge in [-0.05, 0) is 42.0 Å². The van der Waals surface area contributed by atoms with Crippen LogP contribution in [-0.4, -0.2) is 10.4 Å². The molecule has 138 valence electrons. The van der Waals surface area contributed by atoms with Crippen LogP contribution in [0.5, 0.6) is 0 Å². The molecular formula is C22H26FNO2. The van der Waals surface area contributed by atoms with E-state index in [4.69, 9.17) is 0 Å². The van der Waals surface area contributed by atoms with E-state index in [1.807, 2.05) is 4.57 Å². The molecule has 1 aliphatic carbocycles. The molecule has 0 saturated heterocycles. The topological polar surface area (TPSA) is 39.1 Å². The van der Waals surface area contributed by atoms with Crippen LogP contribution in [0, 0.1) is 11.2 Å². The first-order valence-corrected chi connectivity index (χ1v) is 9.34. The highest BCUT2D eigenvalue weighted by atomic mass is 19.1. The lowest BCUT2D eigenvalue weighted by atomic mass is 9.75. The Balaban J connectivity index is 2.09. The van der Waals surface area contributed by atoms with E-state index >= 15 is 0 Å². The molecule has 1 aromatic heterocycles. The van der Waals surface area contributed by atoms with E-state index in [1.54, 1.807) is 18.2 Å². The number of nitrogens with zero attached hydrogens (tertiary/aromatic N) is 1. The van der Waals surface area contributed by atoms with Crippen LogP contribution in [0.4, 0.5) is 4.39 Å². The number of pyridine rings is 1. The fourth-order valence-electron chi connectivity index (χ4n) is 3.74. The molecule has 0 radical (unpaired) electrons. The summed E-state index contributed by atoms with van der Waals surface area (Å²) < 4.78 is 15.0. The molecule has 3 rings (SSSR count). The van der Waals surface area contributed by atoms with Gasteiger partial charge in [-0.3, -0.25) is 9.59 Å². The number of ketones is 1. The summed E-state index contributed by atoms with van der Waals surface area (Å²) in [5, 5.41) is 0. The summed E-state index contributed by atoms with van der Waals surface area (Å²) in [6.45, 7) is 6.89. The molecule has 1 heterocycles. The molecular weight excluding hydrogens is 329 g/mol. The third-order valence-electron chi connectivity index (χ3n) is 5.10. The van der Waals surface area contributed by atoms with Crippen molar-refractivity contribution in [3.8, 4) is 0 Å². The second kappa shape index (κ2) is 7.18. The number of unbranched alkanes of at least 4 members (excludes halogenated alkanes) is 1. The Morgan fingerprint density at radius 3 is 2.46 bits per heavy atom.